The average Bonchev–Trinajstić information content (AvgIpc) is 3.17. The third-order valence-electron chi connectivity index (χ3n) is 3.60. The van der Waals surface area contributed by atoms with Gasteiger partial charge in [-0.25, -0.2) is 4.68 Å². The van der Waals surface area contributed by atoms with Gasteiger partial charge in [0.05, 0.1) is 11.3 Å². The lowest BCUT2D eigenvalue weighted by atomic mass is 10.1. The van der Waals surface area contributed by atoms with Gasteiger partial charge in [-0.1, -0.05) is 30.8 Å². The number of hydrogen-bond acceptors (Lipinski definition) is 8. The van der Waals surface area contributed by atoms with Gasteiger partial charge in [0, 0.05) is 19.1 Å². The average molecular weight is 324 g/mol. The van der Waals surface area contributed by atoms with Gasteiger partial charge in [0.1, 0.15) is 0 Å². The van der Waals surface area contributed by atoms with Crippen molar-refractivity contribution < 1.29 is 9.26 Å². The standard InChI is InChI=1S/C13H20N6O2S/c1-8(2)11-14-12(21-16-11)9(3)22-13-15-17-18-19(13)10-4-6-20-7-5-10/h8-10H,4-7H2,1-3H3/t9-/m0/s1. The summed E-state index contributed by atoms with van der Waals surface area (Å²) in [5.41, 5.74) is 0. The Balaban J connectivity index is 1.71. The van der Waals surface area contributed by atoms with Crippen molar-refractivity contribution in [2.45, 2.75) is 56.0 Å². The third-order valence-corrected chi connectivity index (χ3v) is 4.64. The fourth-order valence-electron chi connectivity index (χ4n) is 2.28. The minimum atomic E-state index is 0.00425. The van der Waals surface area contributed by atoms with E-state index in [0.29, 0.717) is 11.9 Å². The molecule has 0 saturated carbocycles. The van der Waals surface area contributed by atoms with Crippen LogP contribution < -0.4 is 0 Å². The van der Waals surface area contributed by atoms with E-state index in [1.54, 1.807) is 0 Å². The molecule has 1 saturated heterocycles. The second kappa shape index (κ2) is 6.74. The number of hydrogen-bond donors (Lipinski definition) is 0. The fraction of sp³-hybridized carbons (Fsp3) is 0.769. The van der Waals surface area contributed by atoms with Crippen LogP contribution in [-0.2, 0) is 4.74 Å². The van der Waals surface area contributed by atoms with Gasteiger partial charge >= 0.3 is 0 Å². The predicted octanol–water partition coefficient (Wildman–Crippen LogP) is 2.38. The Bertz CT molecular complexity index is 607. The van der Waals surface area contributed by atoms with E-state index in [9.17, 15) is 0 Å². The number of tetrazole rings is 1. The molecule has 0 aromatic carbocycles. The van der Waals surface area contributed by atoms with Gasteiger partial charge in [0.15, 0.2) is 5.82 Å². The second-order valence-electron chi connectivity index (χ2n) is 5.66. The smallest absolute Gasteiger partial charge is 0.239 e. The molecule has 8 nitrogen and oxygen atoms in total. The second-order valence-corrected chi connectivity index (χ2v) is 6.96. The Hall–Kier alpha value is -1.48. The van der Waals surface area contributed by atoms with Crippen molar-refractivity contribution in [3.05, 3.63) is 11.7 Å². The highest BCUT2D eigenvalue weighted by Crippen LogP contribution is 2.34. The van der Waals surface area contributed by atoms with Gasteiger partial charge in [-0.2, -0.15) is 4.98 Å². The van der Waals surface area contributed by atoms with Crippen LogP contribution in [0.25, 0.3) is 0 Å². The lowest BCUT2D eigenvalue weighted by Crippen LogP contribution is -2.21. The molecule has 3 heterocycles. The molecule has 0 radical (unpaired) electrons. The van der Waals surface area contributed by atoms with E-state index >= 15 is 0 Å². The van der Waals surface area contributed by atoms with Crippen molar-refractivity contribution in [3.8, 4) is 0 Å². The van der Waals surface area contributed by atoms with E-state index in [-0.39, 0.29) is 11.2 Å². The van der Waals surface area contributed by atoms with Gasteiger partial charge in [-0.15, -0.1) is 5.10 Å². The first-order valence-electron chi connectivity index (χ1n) is 7.51. The molecule has 120 valence electrons. The summed E-state index contributed by atoms with van der Waals surface area (Å²) in [6.07, 6.45) is 1.87. The van der Waals surface area contributed by atoms with Crippen molar-refractivity contribution >= 4 is 11.8 Å². The maximum absolute atomic E-state index is 5.39. The van der Waals surface area contributed by atoms with Crippen LogP contribution in [0.2, 0.25) is 0 Å². The molecule has 1 aliphatic heterocycles. The first-order chi connectivity index (χ1) is 10.6. The number of thioether (sulfide) groups is 1. The van der Waals surface area contributed by atoms with Crippen molar-refractivity contribution in [1.29, 1.82) is 0 Å². The molecule has 1 fully saturated rings. The maximum atomic E-state index is 5.39. The molecular formula is C13H20N6O2S. The highest BCUT2D eigenvalue weighted by Gasteiger charge is 2.24. The monoisotopic (exact) mass is 324 g/mol. The molecule has 22 heavy (non-hydrogen) atoms. The number of nitrogens with zero attached hydrogens (tertiary/aromatic N) is 6. The topological polar surface area (TPSA) is 91.8 Å². The van der Waals surface area contributed by atoms with Crippen LogP contribution in [0.1, 0.15) is 62.5 Å². The summed E-state index contributed by atoms with van der Waals surface area (Å²) in [7, 11) is 0. The van der Waals surface area contributed by atoms with Gasteiger partial charge in [-0.3, -0.25) is 0 Å². The van der Waals surface area contributed by atoms with Crippen molar-refractivity contribution in [3.63, 3.8) is 0 Å². The van der Waals surface area contributed by atoms with Crippen molar-refractivity contribution in [2.24, 2.45) is 0 Å². The van der Waals surface area contributed by atoms with Crippen LogP contribution in [0, 0.1) is 0 Å². The Labute approximate surface area is 133 Å². The summed E-state index contributed by atoms with van der Waals surface area (Å²) >= 11 is 1.54. The van der Waals surface area contributed by atoms with E-state index in [1.165, 1.54) is 11.8 Å². The van der Waals surface area contributed by atoms with Crippen LogP contribution in [0.5, 0.6) is 0 Å². The molecule has 0 unspecified atom stereocenters. The van der Waals surface area contributed by atoms with Crippen LogP contribution >= 0.6 is 11.8 Å². The van der Waals surface area contributed by atoms with Crippen LogP contribution in [0.4, 0.5) is 0 Å². The van der Waals surface area contributed by atoms with Crippen LogP contribution in [-0.4, -0.2) is 43.6 Å². The molecule has 3 rings (SSSR count). The minimum Gasteiger partial charge on any atom is -0.381 e. The lowest BCUT2D eigenvalue weighted by Gasteiger charge is -2.22. The summed E-state index contributed by atoms with van der Waals surface area (Å²) < 4.78 is 12.6. The zero-order chi connectivity index (χ0) is 15.5. The fourth-order valence-corrected chi connectivity index (χ4v) is 3.17. The first kappa shape index (κ1) is 15.4. The van der Waals surface area contributed by atoms with Gasteiger partial charge in [0.25, 0.3) is 0 Å². The Morgan fingerprint density at radius 1 is 1.23 bits per heavy atom. The molecular weight excluding hydrogens is 304 g/mol. The van der Waals surface area contributed by atoms with Gasteiger partial charge in [-0.05, 0) is 30.2 Å². The molecule has 0 aliphatic carbocycles. The normalized spacial score (nSPS) is 18.0. The highest BCUT2D eigenvalue weighted by atomic mass is 32.2. The summed E-state index contributed by atoms with van der Waals surface area (Å²) in [6.45, 7) is 7.61. The molecule has 2 aromatic rings. The van der Waals surface area contributed by atoms with E-state index in [4.69, 9.17) is 9.26 Å². The minimum absolute atomic E-state index is 0.00425. The van der Waals surface area contributed by atoms with E-state index in [0.717, 1.165) is 37.0 Å². The van der Waals surface area contributed by atoms with E-state index < -0.39 is 0 Å². The maximum Gasteiger partial charge on any atom is 0.239 e. The lowest BCUT2D eigenvalue weighted by molar-refractivity contribution is 0.0631. The van der Waals surface area contributed by atoms with Crippen molar-refractivity contribution in [1.82, 2.24) is 30.3 Å². The molecule has 2 aromatic heterocycles. The Morgan fingerprint density at radius 2 is 2.00 bits per heavy atom. The molecule has 0 amide bonds. The summed E-state index contributed by atoms with van der Waals surface area (Å²) in [5.74, 6) is 1.59. The first-order valence-corrected chi connectivity index (χ1v) is 8.39. The number of rotatable bonds is 5. The quantitative estimate of drug-likeness (QED) is 0.774. The largest absolute Gasteiger partial charge is 0.381 e. The summed E-state index contributed by atoms with van der Waals surface area (Å²) in [4.78, 5) is 4.44. The number of ether oxygens (including phenoxy) is 1. The molecule has 0 spiro atoms. The molecule has 0 N–H and O–H groups in total. The molecule has 9 heteroatoms. The summed E-state index contributed by atoms with van der Waals surface area (Å²) in [5, 5.41) is 16.9. The molecule has 0 bridgehead atoms. The SMILES string of the molecule is CC(C)c1noc([C@H](C)Sc2nnnn2C2CCOCC2)n1. The zero-order valence-electron chi connectivity index (χ0n) is 13.0. The summed E-state index contributed by atoms with van der Waals surface area (Å²) in [6, 6.07) is 0.298. The Kier molecular flexibility index (Phi) is 4.72. The zero-order valence-corrected chi connectivity index (χ0v) is 13.8. The van der Waals surface area contributed by atoms with Gasteiger partial charge in [0.2, 0.25) is 11.0 Å². The Morgan fingerprint density at radius 3 is 2.68 bits per heavy atom. The number of aromatic nitrogens is 6. The highest BCUT2D eigenvalue weighted by molar-refractivity contribution is 7.99. The van der Waals surface area contributed by atoms with Crippen LogP contribution in [0.15, 0.2) is 9.68 Å². The van der Waals surface area contributed by atoms with Crippen LogP contribution in [0.3, 0.4) is 0 Å². The molecule has 1 atom stereocenters. The molecule has 1 aliphatic rings. The van der Waals surface area contributed by atoms with Gasteiger partial charge < -0.3 is 9.26 Å². The van der Waals surface area contributed by atoms with E-state index in [2.05, 4.69) is 25.7 Å². The van der Waals surface area contributed by atoms with E-state index in [1.807, 2.05) is 25.5 Å². The predicted molar refractivity (Wildman–Crippen MR) is 79.6 cm³/mol. The third kappa shape index (κ3) is 3.30. The van der Waals surface area contributed by atoms with Crippen molar-refractivity contribution in [2.75, 3.05) is 13.2 Å².